The fourth-order valence-electron chi connectivity index (χ4n) is 2.79. The highest BCUT2D eigenvalue weighted by Gasteiger charge is 2.36. The Morgan fingerprint density at radius 3 is 2.12 bits per heavy atom. The van der Waals surface area contributed by atoms with Gasteiger partial charge in [-0.1, -0.05) is 37.9 Å². The molecule has 0 aliphatic heterocycles. The SMILES string of the molecule is C=C(C)C(=O)OCCC(=C)C(=O)OC1=CC(F)C(C)(c2ccc(OC(=O)C(=C)C)cc2)C=C1. The first-order chi connectivity index (χ1) is 15.4. The second-order valence-electron chi connectivity index (χ2n) is 7.94. The Hall–Kier alpha value is -3.74. The highest BCUT2D eigenvalue weighted by Crippen LogP contribution is 2.37. The van der Waals surface area contributed by atoms with Crippen molar-refractivity contribution in [2.45, 2.75) is 38.8 Å². The first-order valence-corrected chi connectivity index (χ1v) is 10.2. The molecule has 174 valence electrons. The third-order valence-electron chi connectivity index (χ3n) is 5.00. The van der Waals surface area contributed by atoms with E-state index in [1.54, 1.807) is 44.2 Å². The van der Waals surface area contributed by atoms with E-state index in [4.69, 9.17) is 14.2 Å². The lowest BCUT2D eigenvalue weighted by Crippen LogP contribution is -2.33. The number of hydrogen-bond acceptors (Lipinski definition) is 6. The molecule has 0 aromatic heterocycles. The second-order valence-corrected chi connectivity index (χ2v) is 7.94. The van der Waals surface area contributed by atoms with Crippen LogP contribution in [-0.2, 0) is 29.3 Å². The number of carbonyl (C=O) groups is 3. The lowest BCUT2D eigenvalue weighted by molar-refractivity contribution is -0.140. The van der Waals surface area contributed by atoms with Crippen molar-refractivity contribution >= 4 is 17.9 Å². The van der Waals surface area contributed by atoms with Gasteiger partial charge in [-0.05, 0) is 50.6 Å². The Bertz CT molecular complexity index is 1050. The van der Waals surface area contributed by atoms with E-state index < -0.39 is 29.5 Å². The molecule has 0 spiro atoms. The summed E-state index contributed by atoms with van der Waals surface area (Å²) in [6.45, 7) is 15.3. The van der Waals surface area contributed by atoms with Gasteiger partial charge in [0.25, 0.3) is 0 Å². The number of esters is 3. The van der Waals surface area contributed by atoms with Crippen LogP contribution in [0.15, 0.2) is 84.7 Å². The molecule has 1 aliphatic rings. The zero-order chi connectivity index (χ0) is 24.8. The lowest BCUT2D eigenvalue weighted by Gasteiger charge is -2.31. The van der Waals surface area contributed by atoms with Gasteiger partial charge in [0.2, 0.25) is 0 Å². The number of halogens is 1. The maximum atomic E-state index is 15.1. The minimum Gasteiger partial charge on any atom is -0.462 e. The monoisotopic (exact) mass is 454 g/mol. The molecule has 33 heavy (non-hydrogen) atoms. The van der Waals surface area contributed by atoms with Crippen molar-refractivity contribution in [2.24, 2.45) is 0 Å². The van der Waals surface area contributed by atoms with Gasteiger partial charge in [-0.2, -0.15) is 0 Å². The molecule has 0 bridgehead atoms. The molecule has 2 atom stereocenters. The van der Waals surface area contributed by atoms with E-state index in [1.807, 2.05) is 0 Å². The molecule has 2 rings (SSSR count). The molecule has 1 aromatic carbocycles. The fourth-order valence-corrected chi connectivity index (χ4v) is 2.79. The summed E-state index contributed by atoms with van der Waals surface area (Å²) in [7, 11) is 0. The van der Waals surface area contributed by atoms with Crippen LogP contribution in [-0.4, -0.2) is 30.7 Å². The quantitative estimate of drug-likeness (QED) is 0.302. The third kappa shape index (κ3) is 6.62. The van der Waals surface area contributed by atoms with Gasteiger partial charge >= 0.3 is 17.9 Å². The predicted octanol–water partition coefficient (Wildman–Crippen LogP) is 4.83. The summed E-state index contributed by atoms with van der Waals surface area (Å²) < 4.78 is 30.4. The van der Waals surface area contributed by atoms with Gasteiger partial charge in [0.1, 0.15) is 17.7 Å². The van der Waals surface area contributed by atoms with Gasteiger partial charge in [-0.25, -0.2) is 18.8 Å². The molecule has 1 aliphatic carbocycles. The smallest absolute Gasteiger partial charge is 0.338 e. The van der Waals surface area contributed by atoms with Crippen molar-refractivity contribution in [2.75, 3.05) is 6.61 Å². The van der Waals surface area contributed by atoms with Crippen molar-refractivity contribution in [1.82, 2.24) is 0 Å². The van der Waals surface area contributed by atoms with Crippen molar-refractivity contribution < 1.29 is 33.0 Å². The summed E-state index contributed by atoms with van der Waals surface area (Å²) in [6.07, 6.45) is 2.91. The Morgan fingerprint density at radius 2 is 1.58 bits per heavy atom. The molecule has 0 amide bonds. The average Bonchev–Trinajstić information content (AvgIpc) is 2.76. The summed E-state index contributed by atoms with van der Waals surface area (Å²) in [5.41, 5.74) is 0.239. The zero-order valence-electron chi connectivity index (χ0n) is 19.0. The fraction of sp³-hybridized carbons (Fsp3) is 0.269. The van der Waals surface area contributed by atoms with Crippen LogP contribution >= 0.6 is 0 Å². The van der Waals surface area contributed by atoms with Gasteiger partial charge in [0, 0.05) is 28.6 Å². The number of carbonyl (C=O) groups excluding carboxylic acids is 3. The number of rotatable bonds is 9. The number of hydrogen-bond donors (Lipinski definition) is 0. The molecular weight excluding hydrogens is 427 g/mol. The van der Waals surface area contributed by atoms with Crippen LogP contribution in [0.2, 0.25) is 0 Å². The van der Waals surface area contributed by atoms with Gasteiger partial charge in [0.15, 0.2) is 0 Å². The number of alkyl halides is 1. The molecule has 0 saturated carbocycles. The van der Waals surface area contributed by atoms with Crippen LogP contribution < -0.4 is 4.74 Å². The second kappa shape index (κ2) is 10.7. The summed E-state index contributed by atoms with van der Waals surface area (Å²) in [5.74, 6) is -1.47. The molecule has 0 saturated heterocycles. The molecule has 7 heteroatoms. The van der Waals surface area contributed by atoms with Gasteiger partial charge in [0.05, 0.1) is 6.61 Å². The van der Waals surface area contributed by atoms with E-state index >= 15 is 4.39 Å². The number of ether oxygens (including phenoxy) is 3. The molecule has 0 radical (unpaired) electrons. The molecular formula is C26H27FO6. The zero-order valence-corrected chi connectivity index (χ0v) is 19.0. The predicted molar refractivity (Wildman–Crippen MR) is 122 cm³/mol. The average molecular weight is 454 g/mol. The topological polar surface area (TPSA) is 78.9 Å². The summed E-state index contributed by atoms with van der Waals surface area (Å²) >= 11 is 0. The number of benzene rings is 1. The van der Waals surface area contributed by atoms with Crippen LogP contribution in [0.1, 0.15) is 32.8 Å². The first kappa shape index (κ1) is 25.5. The summed E-state index contributed by atoms with van der Waals surface area (Å²) in [6, 6.07) is 6.48. The van der Waals surface area contributed by atoms with Crippen LogP contribution in [0, 0.1) is 0 Å². The van der Waals surface area contributed by atoms with Crippen molar-refractivity contribution in [3.8, 4) is 5.75 Å². The largest absolute Gasteiger partial charge is 0.462 e. The summed E-state index contributed by atoms with van der Waals surface area (Å²) in [4.78, 5) is 35.2. The van der Waals surface area contributed by atoms with Crippen LogP contribution in [0.5, 0.6) is 5.75 Å². The van der Waals surface area contributed by atoms with E-state index in [-0.39, 0.29) is 35.5 Å². The molecule has 2 unspecified atom stereocenters. The molecule has 6 nitrogen and oxygen atoms in total. The Balaban J connectivity index is 1.98. The van der Waals surface area contributed by atoms with Crippen molar-refractivity contribution in [3.05, 3.63) is 90.3 Å². The summed E-state index contributed by atoms with van der Waals surface area (Å²) in [5, 5.41) is 0. The van der Waals surface area contributed by atoms with Crippen LogP contribution in [0.4, 0.5) is 4.39 Å². The minimum atomic E-state index is -1.49. The standard InChI is InChI=1S/C26H27FO6/c1-16(2)23(28)31-14-12-18(5)25(30)33-21-11-13-26(6,22(27)15-21)19-7-9-20(10-8-19)32-24(29)17(3)4/h7-11,13,15,22H,1,3,5,12,14H2,2,4,6H3. The van der Waals surface area contributed by atoms with E-state index in [2.05, 4.69) is 19.7 Å². The van der Waals surface area contributed by atoms with Gasteiger partial charge < -0.3 is 14.2 Å². The highest BCUT2D eigenvalue weighted by atomic mass is 19.1. The first-order valence-electron chi connectivity index (χ1n) is 10.2. The molecule has 0 N–H and O–H groups in total. The highest BCUT2D eigenvalue weighted by molar-refractivity contribution is 5.89. The third-order valence-corrected chi connectivity index (χ3v) is 5.00. The maximum absolute atomic E-state index is 15.1. The van der Waals surface area contributed by atoms with E-state index in [1.165, 1.54) is 19.1 Å². The molecule has 1 aromatic rings. The van der Waals surface area contributed by atoms with Gasteiger partial charge in [-0.15, -0.1) is 0 Å². The Morgan fingerprint density at radius 1 is 0.970 bits per heavy atom. The number of allylic oxidation sites excluding steroid dienone is 3. The lowest BCUT2D eigenvalue weighted by atomic mass is 9.75. The van der Waals surface area contributed by atoms with E-state index in [0.717, 1.165) is 0 Å². The minimum absolute atomic E-state index is 0.0456. The van der Waals surface area contributed by atoms with Crippen LogP contribution in [0.25, 0.3) is 0 Å². The maximum Gasteiger partial charge on any atom is 0.338 e. The molecule has 0 fully saturated rings. The van der Waals surface area contributed by atoms with E-state index in [9.17, 15) is 14.4 Å². The Labute approximate surface area is 192 Å². The molecule has 0 heterocycles. The normalized spacial score (nSPS) is 19.2. The van der Waals surface area contributed by atoms with Crippen molar-refractivity contribution in [1.29, 1.82) is 0 Å². The van der Waals surface area contributed by atoms with E-state index in [0.29, 0.717) is 11.3 Å². The van der Waals surface area contributed by atoms with Gasteiger partial charge in [-0.3, -0.25) is 0 Å². The van der Waals surface area contributed by atoms with Crippen LogP contribution in [0.3, 0.4) is 0 Å². The Kier molecular flexibility index (Phi) is 8.29. The van der Waals surface area contributed by atoms with Crippen molar-refractivity contribution in [3.63, 3.8) is 0 Å².